The number of carbonyl (C=O) groups is 3. The van der Waals surface area contributed by atoms with Gasteiger partial charge in [0.2, 0.25) is 11.8 Å². The van der Waals surface area contributed by atoms with Crippen molar-refractivity contribution < 1.29 is 36.2 Å². The Hall–Kier alpha value is -9.54. The fraction of sp³-hybridized carbons (Fsp3) is 0.206. The molecule has 2 aliphatic carbocycles. The maximum atomic E-state index is 13.9. The zero-order chi connectivity index (χ0) is 56.9. The van der Waals surface area contributed by atoms with Crippen molar-refractivity contribution in [3.05, 3.63) is 192 Å². The number of para-hydroxylation sites is 1. The molecule has 423 valence electrons. The van der Waals surface area contributed by atoms with E-state index in [0.29, 0.717) is 54.1 Å². The molecule has 2 amide bonds. The van der Waals surface area contributed by atoms with Crippen molar-refractivity contribution in [1.29, 1.82) is 0 Å². The summed E-state index contributed by atoms with van der Waals surface area (Å²) in [6.45, 7) is 0.944. The van der Waals surface area contributed by atoms with Gasteiger partial charge in [0, 0.05) is 48.2 Å². The van der Waals surface area contributed by atoms with Crippen LogP contribution < -0.4 is 31.2 Å². The first-order valence-corrected chi connectivity index (χ1v) is 28.6. The number of benzene rings is 4. The maximum Gasteiger partial charge on any atom is 2.00 e. The molecule has 85 heavy (non-hydrogen) atoms. The van der Waals surface area contributed by atoms with Crippen molar-refractivity contribution in [2.24, 2.45) is 17.8 Å². The molecule has 3 unspecified atom stereocenters. The quantitative estimate of drug-likeness (QED) is 0.0381. The minimum atomic E-state index is -0.252. The first kappa shape index (κ1) is 56.0. The molecule has 4 aliphatic rings. The molecule has 2 aliphatic heterocycles. The van der Waals surface area contributed by atoms with Gasteiger partial charge in [-0.1, -0.05) is 133 Å². The molecule has 3 atom stereocenters. The largest absolute Gasteiger partial charge is 2.00 e. The fourth-order valence-corrected chi connectivity index (χ4v) is 12.2. The Bertz CT molecular complexity index is 4140. The minimum Gasteiger partial charge on any atom is -0.657 e. The van der Waals surface area contributed by atoms with E-state index in [1.54, 1.807) is 19.6 Å². The van der Waals surface area contributed by atoms with E-state index in [1.807, 2.05) is 114 Å². The van der Waals surface area contributed by atoms with Crippen molar-refractivity contribution in [1.82, 2.24) is 50.3 Å². The van der Waals surface area contributed by atoms with E-state index in [0.717, 1.165) is 121 Å². The Kier molecular flexibility index (Phi) is 16.5. The van der Waals surface area contributed by atoms with E-state index < -0.39 is 0 Å². The van der Waals surface area contributed by atoms with Crippen molar-refractivity contribution in [2.75, 3.05) is 43.9 Å². The second-order valence-corrected chi connectivity index (χ2v) is 21.4. The van der Waals surface area contributed by atoms with E-state index in [1.165, 1.54) is 0 Å². The zero-order valence-corrected chi connectivity index (χ0v) is 47.9. The van der Waals surface area contributed by atoms with Crippen LogP contribution in [0.2, 0.25) is 0 Å². The number of anilines is 2. The summed E-state index contributed by atoms with van der Waals surface area (Å²) in [5, 5.41) is 21.3. The van der Waals surface area contributed by atoms with Gasteiger partial charge in [0.05, 0.1) is 42.5 Å². The third kappa shape index (κ3) is 11.9. The van der Waals surface area contributed by atoms with Gasteiger partial charge >= 0.3 is 23.0 Å². The molecular formula is C68H60MnN12O4. The number of hydrogen-bond donors (Lipinski definition) is 4. The molecule has 4 N–H and O–H groups in total. The van der Waals surface area contributed by atoms with E-state index in [4.69, 9.17) is 24.7 Å². The molecule has 5 aromatic heterocycles. The Labute approximate surface area is 502 Å². The summed E-state index contributed by atoms with van der Waals surface area (Å²) in [4.78, 5) is 65.0. The van der Waals surface area contributed by atoms with E-state index in [9.17, 15) is 14.4 Å². The van der Waals surface area contributed by atoms with Crippen LogP contribution in [0.5, 0.6) is 0 Å². The Morgan fingerprint density at radius 3 is 1.69 bits per heavy atom. The van der Waals surface area contributed by atoms with Crippen LogP contribution in [0.1, 0.15) is 59.6 Å². The van der Waals surface area contributed by atoms with Crippen LogP contribution in [0.25, 0.3) is 96.7 Å². The molecule has 1 fully saturated rings. The summed E-state index contributed by atoms with van der Waals surface area (Å²) < 4.78 is 7.77. The molecule has 0 spiro atoms. The number of amides is 2. The van der Waals surface area contributed by atoms with Crippen LogP contribution in [0.15, 0.2) is 158 Å². The number of carbonyl (C=O) groups excluding carboxylic acids is 3. The third-order valence-corrected chi connectivity index (χ3v) is 16.3. The smallest absolute Gasteiger partial charge is 0.657 e. The molecule has 13 rings (SSSR count). The number of esters is 1. The Morgan fingerprint density at radius 2 is 1.14 bits per heavy atom. The zero-order valence-electron chi connectivity index (χ0n) is 46.7. The van der Waals surface area contributed by atoms with Gasteiger partial charge in [-0.05, 0) is 126 Å². The summed E-state index contributed by atoms with van der Waals surface area (Å²) in [6, 6.07) is 46.6. The first-order chi connectivity index (χ1) is 41.3. The number of imidazole rings is 1. The van der Waals surface area contributed by atoms with Crippen LogP contribution >= 0.6 is 0 Å². The van der Waals surface area contributed by atoms with Gasteiger partial charge in [-0.3, -0.25) is 19.0 Å². The van der Waals surface area contributed by atoms with Crippen LogP contribution in [0, 0.1) is 17.8 Å². The molecule has 16 nitrogen and oxygen atoms in total. The predicted molar refractivity (Wildman–Crippen MR) is 329 cm³/mol. The summed E-state index contributed by atoms with van der Waals surface area (Å²) in [6.07, 6.45) is 17.6. The summed E-state index contributed by atoms with van der Waals surface area (Å²) in [5.41, 5.74) is 15.8. The first-order valence-electron chi connectivity index (χ1n) is 28.6. The van der Waals surface area contributed by atoms with Crippen LogP contribution in [-0.4, -0.2) is 80.8 Å². The van der Waals surface area contributed by atoms with Gasteiger partial charge in [-0.25, -0.2) is 15.0 Å². The molecule has 8 bridgehead atoms. The molecule has 1 saturated carbocycles. The molecule has 1 radical (unpaired) electrons. The predicted octanol–water partition coefficient (Wildman–Crippen LogP) is 11.0. The monoisotopic (exact) mass is 1160 g/mol. The minimum absolute atomic E-state index is 0. The average Bonchev–Trinajstić information content (AvgIpc) is 2.59. The number of rotatable bonds is 17. The number of aromatic nitrogens is 8. The maximum absolute atomic E-state index is 13.9. The van der Waals surface area contributed by atoms with E-state index >= 15 is 0 Å². The van der Waals surface area contributed by atoms with Gasteiger partial charge < -0.3 is 36.0 Å². The Morgan fingerprint density at radius 1 is 0.612 bits per heavy atom. The van der Waals surface area contributed by atoms with Gasteiger partial charge in [0.15, 0.2) is 11.6 Å². The third-order valence-electron chi connectivity index (χ3n) is 16.3. The topological polar surface area (TPSA) is 206 Å². The molecule has 17 heteroatoms. The number of nitrogens with one attached hydrogen (secondary N) is 4. The van der Waals surface area contributed by atoms with Crippen LogP contribution in [-0.2, 0) is 49.0 Å². The van der Waals surface area contributed by atoms with Gasteiger partial charge in [0.1, 0.15) is 6.33 Å². The molecule has 0 saturated heterocycles. The fourth-order valence-electron chi connectivity index (χ4n) is 12.2. The van der Waals surface area contributed by atoms with E-state index in [2.05, 4.69) is 97.1 Å². The Balaban J connectivity index is 0.00000709. The molecule has 7 heterocycles. The second kappa shape index (κ2) is 25.1. The number of hydrogen-bond acceptors (Lipinski definition) is 11. The summed E-state index contributed by atoms with van der Waals surface area (Å²) in [7, 11) is 1.61. The SMILES string of the molecule is CNC(=O)CNc1nnc(-n2ccnc2)c2c1CCC1C(CC2)C1COC(=O)CCCNCC(=O)Nc1ccccc1-c1c2nc(c(-c3ccccc3)c3ccc([n-]3)c(-c3ccccc3)c3nc(c(-c4ccccc4)c4ccc1[n-]4)C=C3)C=C2.[Mn+2]. The van der Waals surface area contributed by atoms with Crippen LogP contribution in [0.4, 0.5) is 11.5 Å². The van der Waals surface area contributed by atoms with E-state index in [-0.39, 0.29) is 60.3 Å². The standard InChI is InChI=1S/C68H62N12O4.Mn/c1-69-60(81)39-72-67-47-25-23-45-46(24-26-48(47)68(79-78-67)80-37-36-71-41-80)50(45)40-84-62(83)22-13-35-70-38-61(82)77-51-21-12-11-20-49(51)66-58-33-31-56(75-58)64(43-16-7-3-8-17-43)54-29-27-52(73-54)63(42-14-5-2-6-15-42)53-28-30-55(74-53)65(44-18-9-4-10-19-44)57-32-34-59(66)76-57;/h2-12,14-21,27-34,36-37,41,45-46,50,70H,13,22-26,35,38-40H2,1H3,(H5,69,72,73,74,75,76,77,78,79,81,82);/q;+2/p-2. The molecular weight excluding hydrogens is 1100 g/mol. The van der Waals surface area contributed by atoms with Gasteiger partial charge in [-0.2, -0.15) is 0 Å². The van der Waals surface area contributed by atoms with Gasteiger partial charge in [-0.15, -0.1) is 32.3 Å². The normalized spacial score (nSPS) is 15.6. The van der Waals surface area contributed by atoms with Crippen molar-refractivity contribution in [3.63, 3.8) is 0 Å². The van der Waals surface area contributed by atoms with Crippen molar-refractivity contribution in [2.45, 2.75) is 38.5 Å². The van der Waals surface area contributed by atoms with Crippen LogP contribution in [0.3, 0.4) is 0 Å². The number of ether oxygens (including phenoxy) is 1. The number of nitrogens with zero attached hydrogens (tertiary/aromatic N) is 8. The second-order valence-electron chi connectivity index (χ2n) is 21.4. The summed E-state index contributed by atoms with van der Waals surface area (Å²) >= 11 is 0. The molecule has 4 aromatic carbocycles. The number of fused-ring (bicyclic) bond motifs is 10. The van der Waals surface area contributed by atoms with Gasteiger partial charge in [0.25, 0.3) is 0 Å². The number of likely N-dealkylation sites (N-methyl/N-ethyl adjacent to an activating group) is 1. The summed E-state index contributed by atoms with van der Waals surface area (Å²) in [5.74, 6) is 1.88. The van der Waals surface area contributed by atoms with Crippen molar-refractivity contribution >= 4 is 75.7 Å². The molecule has 9 aromatic rings. The van der Waals surface area contributed by atoms with Crippen molar-refractivity contribution in [3.8, 4) is 50.3 Å². The average molecular weight is 1160 g/mol.